The van der Waals surface area contributed by atoms with Crippen molar-refractivity contribution < 1.29 is 9.26 Å². The molecule has 200 valence electrons. The molecule has 5 fully saturated rings. The maximum Gasteiger partial charge on any atom is 0.145 e. The van der Waals surface area contributed by atoms with Crippen LogP contribution < -0.4 is 0 Å². The normalized spacial score (nSPS) is 26.4. The van der Waals surface area contributed by atoms with E-state index < -0.39 is 0 Å². The van der Waals surface area contributed by atoms with E-state index in [2.05, 4.69) is 40.5 Å². The standard InChI is InChI=1S/C32H31Cl2N3O2/c33-24-16-35-17-25(34)27(24)29-23(30(39-37-29)21-6-7-21)18-38-32-13-10-31(11-14-32,12-15-32)26-9-8-20-2-1-3-22(19-4-5-19)28(20)36-26/h1-3,8-9,16-17,19,21H,4-7,10-15,18H2. The van der Waals surface area contributed by atoms with E-state index >= 15 is 0 Å². The zero-order valence-corrected chi connectivity index (χ0v) is 23.4. The molecule has 7 heteroatoms. The fraction of sp³-hybridized carbons (Fsp3) is 0.469. The molecule has 3 heterocycles. The van der Waals surface area contributed by atoms with Crippen LogP contribution in [0.3, 0.4) is 0 Å². The molecule has 5 saturated carbocycles. The summed E-state index contributed by atoms with van der Waals surface area (Å²) in [5.74, 6) is 2.04. The second kappa shape index (κ2) is 9.02. The van der Waals surface area contributed by atoms with Gasteiger partial charge in [-0.3, -0.25) is 9.97 Å². The number of pyridine rings is 2. The third kappa shape index (κ3) is 4.11. The average molecular weight is 561 g/mol. The Hall–Kier alpha value is -2.47. The molecule has 0 atom stereocenters. The molecule has 0 amide bonds. The van der Waals surface area contributed by atoms with Crippen LogP contribution in [0.4, 0.5) is 0 Å². The minimum atomic E-state index is -0.112. The van der Waals surface area contributed by atoms with E-state index in [-0.39, 0.29) is 11.0 Å². The van der Waals surface area contributed by atoms with Crippen molar-refractivity contribution in [2.45, 2.75) is 93.7 Å². The lowest BCUT2D eigenvalue weighted by atomic mass is 9.57. The van der Waals surface area contributed by atoms with Crippen LogP contribution in [0, 0.1) is 0 Å². The fourth-order valence-corrected chi connectivity index (χ4v) is 7.67. The number of fused-ring (bicyclic) bond motifs is 4. The lowest BCUT2D eigenvalue weighted by Gasteiger charge is -2.53. The molecule has 0 aliphatic heterocycles. The summed E-state index contributed by atoms with van der Waals surface area (Å²) in [5, 5.41) is 6.66. The molecule has 0 saturated heterocycles. The van der Waals surface area contributed by atoms with Crippen molar-refractivity contribution in [1.82, 2.24) is 15.1 Å². The van der Waals surface area contributed by atoms with Gasteiger partial charge in [0.15, 0.2) is 0 Å². The van der Waals surface area contributed by atoms with Gasteiger partial charge in [-0.25, -0.2) is 0 Å². The topological polar surface area (TPSA) is 61.0 Å². The maximum atomic E-state index is 6.85. The quantitative estimate of drug-likeness (QED) is 0.226. The van der Waals surface area contributed by atoms with Gasteiger partial charge in [0.2, 0.25) is 0 Å². The molecule has 0 unspecified atom stereocenters. The van der Waals surface area contributed by atoms with Gasteiger partial charge in [0.1, 0.15) is 11.5 Å². The summed E-state index contributed by atoms with van der Waals surface area (Å²) in [6.07, 6.45) is 14.5. The summed E-state index contributed by atoms with van der Waals surface area (Å²) in [6.45, 7) is 0.464. The Kier molecular flexibility index (Phi) is 5.63. The Morgan fingerprint density at radius 2 is 1.59 bits per heavy atom. The molecule has 2 bridgehead atoms. The predicted octanol–water partition coefficient (Wildman–Crippen LogP) is 8.91. The smallest absolute Gasteiger partial charge is 0.145 e. The zero-order chi connectivity index (χ0) is 26.2. The van der Waals surface area contributed by atoms with E-state index in [1.165, 1.54) is 35.0 Å². The molecular weight excluding hydrogens is 529 g/mol. The minimum Gasteiger partial charge on any atom is -0.370 e. The molecule has 5 aliphatic rings. The molecule has 9 rings (SSSR count). The highest BCUT2D eigenvalue weighted by molar-refractivity contribution is 6.38. The largest absolute Gasteiger partial charge is 0.370 e. The molecule has 5 nitrogen and oxygen atoms in total. The van der Waals surface area contributed by atoms with Crippen molar-refractivity contribution in [2.75, 3.05) is 0 Å². The van der Waals surface area contributed by atoms with Crippen molar-refractivity contribution in [2.24, 2.45) is 0 Å². The molecule has 5 aliphatic carbocycles. The summed E-state index contributed by atoms with van der Waals surface area (Å²) in [6, 6.07) is 11.3. The first-order chi connectivity index (χ1) is 19.0. The van der Waals surface area contributed by atoms with Crippen LogP contribution >= 0.6 is 23.2 Å². The third-order valence-electron chi connectivity index (χ3n) is 9.87. The molecule has 3 aromatic heterocycles. The molecule has 0 radical (unpaired) electrons. The van der Waals surface area contributed by atoms with Gasteiger partial charge >= 0.3 is 0 Å². The zero-order valence-electron chi connectivity index (χ0n) is 21.9. The van der Waals surface area contributed by atoms with E-state index in [9.17, 15) is 0 Å². The van der Waals surface area contributed by atoms with Crippen LogP contribution in [0.15, 0.2) is 47.2 Å². The van der Waals surface area contributed by atoms with E-state index in [1.807, 2.05) is 0 Å². The minimum absolute atomic E-state index is 0.112. The van der Waals surface area contributed by atoms with E-state index in [0.717, 1.165) is 62.7 Å². The van der Waals surface area contributed by atoms with Crippen molar-refractivity contribution in [1.29, 1.82) is 0 Å². The number of nitrogens with zero attached hydrogens (tertiary/aromatic N) is 3. The number of halogens is 2. The van der Waals surface area contributed by atoms with Crippen LogP contribution in [0.1, 0.15) is 98.6 Å². The first-order valence-electron chi connectivity index (χ1n) is 14.4. The van der Waals surface area contributed by atoms with Gasteiger partial charge in [0.25, 0.3) is 0 Å². The second-order valence-corrected chi connectivity index (χ2v) is 13.1. The Morgan fingerprint density at radius 3 is 2.28 bits per heavy atom. The summed E-state index contributed by atoms with van der Waals surface area (Å²) in [4.78, 5) is 9.45. The van der Waals surface area contributed by atoms with Crippen LogP contribution in [0.25, 0.3) is 22.2 Å². The van der Waals surface area contributed by atoms with Crippen molar-refractivity contribution >= 4 is 34.1 Å². The highest BCUT2D eigenvalue weighted by Crippen LogP contribution is 2.56. The summed E-state index contributed by atoms with van der Waals surface area (Å²) < 4.78 is 12.7. The van der Waals surface area contributed by atoms with Crippen LogP contribution in [0.2, 0.25) is 10.0 Å². The maximum absolute atomic E-state index is 6.85. The summed E-state index contributed by atoms with van der Waals surface area (Å²) in [7, 11) is 0. The highest BCUT2D eigenvalue weighted by Gasteiger charge is 2.51. The van der Waals surface area contributed by atoms with Gasteiger partial charge < -0.3 is 9.26 Å². The lowest BCUT2D eigenvalue weighted by molar-refractivity contribution is -0.127. The van der Waals surface area contributed by atoms with Crippen molar-refractivity contribution in [3.63, 3.8) is 0 Å². The predicted molar refractivity (Wildman–Crippen MR) is 152 cm³/mol. The van der Waals surface area contributed by atoms with E-state index in [0.29, 0.717) is 39.7 Å². The number of aromatic nitrogens is 3. The van der Waals surface area contributed by atoms with Gasteiger partial charge in [-0.05, 0) is 81.8 Å². The van der Waals surface area contributed by atoms with Gasteiger partial charge in [-0.2, -0.15) is 0 Å². The van der Waals surface area contributed by atoms with Gasteiger partial charge in [-0.1, -0.05) is 52.6 Å². The Labute approximate surface area is 238 Å². The van der Waals surface area contributed by atoms with Crippen molar-refractivity contribution in [3.05, 3.63) is 75.4 Å². The van der Waals surface area contributed by atoms with Crippen molar-refractivity contribution in [3.8, 4) is 11.3 Å². The number of para-hydroxylation sites is 1. The molecule has 1 aromatic carbocycles. The summed E-state index contributed by atoms with van der Waals surface area (Å²) >= 11 is 13.0. The highest BCUT2D eigenvalue weighted by atomic mass is 35.5. The van der Waals surface area contributed by atoms with Gasteiger partial charge in [0, 0.05) is 45.9 Å². The number of rotatable bonds is 7. The molecule has 0 N–H and O–H groups in total. The SMILES string of the molecule is Clc1cncc(Cl)c1-c1noc(C2CC2)c1COC12CCC(c3ccc4cccc(C5CC5)c4n3)(CC1)CC2. The van der Waals surface area contributed by atoms with Crippen LogP contribution in [0.5, 0.6) is 0 Å². The van der Waals surface area contributed by atoms with E-state index in [1.54, 1.807) is 12.4 Å². The molecular formula is C32H31Cl2N3O2. The fourth-order valence-electron chi connectivity index (χ4n) is 7.13. The summed E-state index contributed by atoms with van der Waals surface area (Å²) in [5.41, 5.74) is 6.38. The average Bonchev–Trinajstić information content (AvgIpc) is 3.91. The van der Waals surface area contributed by atoms with Gasteiger partial charge in [-0.15, -0.1) is 0 Å². The van der Waals surface area contributed by atoms with Gasteiger partial charge in [0.05, 0.1) is 27.8 Å². The Morgan fingerprint density at radius 1 is 0.872 bits per heavy atom. The first-order valence-corrected chi connectivity index (χ1v) is 15.1. The third-order valence-corrected chi connectivity index (χ3v) is 10.4. The van der Waals surface area contributed by atoms with Crippen LogP contribution in [-0.2, 0) is 16.8 Å². The van der Waals surface area contributed by atoms with Crippen LogP contribution in [-0.4, -0.2) is 20.7 Å². The Balaban J connectivity index is 1.05. The monoisotopic (exact) mass is 559 g/mol. The lowest BCUT2D eigenvalue weighted by Crippen LogP contribution is -2.50. The molecule has 4 aromatic rings. The number of benzene rings is 1. The number of ether oxygens (including phenoxy) is 1. The number of hydrogen-bond donors (Lipinski definition) is 0. The second-order valence-electron chi connectivity index (χ2n) is 12.3. The number of hydrogen-bond acceptors (Lipinski definition) is 5. The first kappa shape index (κ1) is 24.3. The molecule has 0 spiro atoms. The van der Waals surface area contributed by atoms with E-state index in [4.69, 9.17) is 37.4 Å². The Bertz CT molecular complexity index is 1550. The molecule has 39 heavy (non-hydrogen) atoms.